The first-order chi connectivity index (χ1) is 7.77. The van der Waals surface area contributed by atoms with Crippen molar-refractivity contribution in [3.05, 3.63) is 34.9 Å². The molecule has 0 aliphatic rings. The summed E-state index contributed by atoms with van der Waals surface area (Å²) in [5, 5.41) is 0. The lowest BCUT2D eigenvalue weighted by Gasteiger charge is -2.20. The van der Waals surface area contributed by atoms with E-state index in [0.717, 1.165) is 11.1 Å². The van der Waals surface area contributed by atoms with Gasteiger partial charge in [-0.05, 0) is 29.5 Å². The predicted molar refractivity (Wildman–Crippen MR) is 69.5 cm³/mol. The highest BCUT2D eigenvalue weighted by atomic mass is 16.2. The van der Waals surface area contributed by atoms with Crippen LogP contribution >= 0.6 is 0 Å². The Morgan fingerprint density at radius 2 is 1.76 bits per heavy atom. The number of carbonyl (C=O) groups excluding carboxylic acids is 2. The van der Waals surface area contributed by atoms with Gasteiger partial charge in [0.25, 0.3) is 0 Å². The van der Waals surface area contributed by atoms with E-state index in [1.165, 1.54) is 0 Å². The first-order valence-electron chi connectivity index (χ1n) is 5.96. The molecule has 1 aromatic rings. The van der Waals surface area contributed by atoms with Gasteiger partial charge in [-0.1, -0.05) is 39.8 Å². The molecule has 0 unspecified atom stereocenters. The molecule has 0 bridgehead atoms. The van der Waals surface area contributed by atoms with E-state index in [1.807, 2.05) is 25.1 Å². The van der Waals surface area contributed by atoms with Crippen LogP contribution in [0, 0.1) is 6.92 Å². The minimum atomic E-state index is -0.365. The van der Waals surface area contributed by atoms with E-state index in [2.05, 4.69) is 20.8 Å². The summed E-state index contributed by atoms with van der Waals surface area (Å²) in [5.74, 6) is -0.685. The van der Waals surface area contributed by atoms with E-state index in [1.54, 1.807) is 6.92 Å². The first kappa shape index (κ1) is 13.6. The van der Waals surface area contributed by atoms with Crippen LogP contribution in [0.15, 0.2) is 18.2 Å². The highest BCUT2D eigenvalue weighted by Gasteiger charge is 2.20. The second-order valence-corrected chi connectivity index (χ2v) is 5.39. The normalized spacial score (nSPS) is 11.4. The average molecular weight is 232 g/mol. The van der Waals surface area contributed by atoms with Crippen molar-refractivity contribution in [2.24, 2.45) is 0 Å². The Morgan fingerprint density at radius 3 is 2.24 bits per heavy atom. The molecule has 0 saturated heterocycles. The molecule has 0 aliphatic heterocycles. The van der Waals surface area contributed by atoms with Crippen LogP contribution in [0.4, 0.5) is 0 Å². The molecule has 0 atom stereocenters. The third-order valence-electron chi connectivity index (χ3n) is 2.92. The number of benzene rings is 1. The number of hydrogen-bond acceptors (Lipinski definition) is 2. The fraction of sp³-hybridized carbons (Fsp3) is 0.467. The van der Waals surface area contributed by atoms with Crippen LogP contribution in [0.25, 0.3) is 0 Å². The third kappa shape index (κ3) is 3.02. The van der Waals surface area contributed by atoms with Crippen LogP contribution in [0.3, 0.4) is 0 Å². The Bertz CT molecular complexity index is 450. The van der Waals surface area contributed by atoms with Crippen LogP contribution in [-0.2, 0) is 10.2 Å². The second-order valence-electron chi connectivity index (χ2n) is 5.39. The molecule has 0 saturated carbocycles. The SMILES string of the molecule is CCC(=O)C(=O)c1cc(C(C)(C)C)ccc1C. The van der Waals surface area contributed by atoms with Gasteiger partial charge >= 0.3 is 0 Å². The summed E-state index contributed by atoms with van der Waals surface area (Å²) in [7, 11) is 0. The van der Waals surface area contributed by atoms with E-state index in [0.29, 0.717) is 5.56 Å². The van der Waals surface area contributed by atoms with Crippen molar-refractivity contribution in [1.29, 1.82) is 0 Å². The van der Waals surface area contributed by atoms with Crippen molar-refractivity contribution < 1.29 is 9.59 Å². The molecule has 2 heteroatoms. The van der Waals surface area contributed by atoms with Gasteiger partial charge in [0.05, 0.1) is 0 Å². The maximum Gasteiger partial charge on any atom is 0.228 e. The number of aryl methyl sites for hydroxylation is 1. The molecule has 1 aromatic carbocycles. The maximum atomic E-state index is 11.9. The van der Waals surface area contributed by atoms with Crippen LogP contribution in [-0.4, -0.2) is 11.6 Å². The first-order valence-corrected chi connectivity index (χ1v) is 5.96. The summed E-state index contributed by atoms with van der Waals surface area (Å²) in [6.07, 6.45) is 0.262. The van der Waals surface area contributed by atoms with Crippen LogP contribution in [0.5, 0.6) is 0 Å². The Labute approximate surface area is 103 Å². The molecule has 0 N–H and O–H groups in total. The monoisotopic (exact) mass is 232 g/mol. The van der Waals surface area contributed by atoms with Crippen molar-refractivity contribution in [3.63, 3.8) is 0 Å². The molecule has 0 amide bonds. The molecule has 0 aromatic heterocycles. The minimum Gasteiger partial charge on any atom is -0.290 e. The van der Waals surface area contributed by atoms with Gasteiger partial charge < -0.3 is 0 Å². The maximum absolute atomic E-state index is 11.9. The lowest BCUT2D eigenvalue weighted by Crippen LogP contribution is -2.17. The lowest BCUT2D eigenvalue weighted by atomic mass is 9.84. The van der Waals surface area contributed by atoms with Gasteiger partial charge in [0.15, 0.2) is 0 Å². The van der Waals surface area contributed by atoms with Gasteiger partial charge in [0.2, 0.25) is 11.6 Å². The van der Waals surface area contributed by atoms with Crippen molar-refractivity contribution in [3.8, 4) is 0 Å². The summed E-state index contributed by atoms with van der Waals surface area (Å²) in [5.41, 5.74) is 2.47. The summed E-state index contributed by atoms with van der Waals surface area (Å²) in [6, 6.07) is 5.78. The van der Waals surface area contributed by atoms with Crippen LogP contribution < -0.4 is 0 Å². The van der Waals surface area contributed by atoms with E-state index >= 15 is 0 Å². The van der Waals surface area contributed by atoms with E-state index < -0.39 is 0 Å². The van der Waals surface area contributed by atoms with Crippen molar-refractivity contribution >= 4 is 11.6 Å². The van der Waals surface area contributed by atoms with E-state index in [-0.39, 0.29) is 23.4 Å². The largest absolute Gasteiger partial charge is 0.290 e. The molecule has 17 heavy (non-hydrogen) atoms. The van der Waals surface area contributed by atoms with E-state index in [9.17, 15) is 9.59 Å². The van der Waals surface area contributed by atoms with Gasteiger partial charge in [0, 0.05) is 12.0 Å². The highest BCUT2D eigenvalue weighted by Crippen LogP contribution is 2.24. The standard InChI is InChI=1S/C15H20O2/c1-6-13(16)14(17)12-9-11(15(3,4)5)8-7-10(12)2/h7-9H,6H2,1-5H3. The van der Waals surface area contributed by atoms with Gasteiger partial charge in [-0.2, -0.15) is 0 Å². The molecular weight excluding hydrogens is 212 g/mol. The van der Waals surface area contributed by atoms with Gasteiger partial charge in [-0.25, -0.2) is 0 Å². The van der Waals surface area contributed by atoms with E-state index in [4.69, 9.17) is 0 Å². The molecule has 0 aliphatic carbocycles. The molecule has 1 rings (SSSR count). The van der Waals surface area contributed by atoms with Crippen LogP contribution in [0.1, 0.15) is 55.6 Å². The molecule has 0 heterocycles. The zero-order valence-corrected chi connectivity index (χ0v) is 11.3. The van der Waals surface area contributed by atoms with Crippen LogP contribution in [0.2, 0.25) is 0 Å². The fourth-order valence-corrected chi connectivity index (χ4v) is 1.64. The molecule has 0 fully saturated rings. The average Bonchev–Trinajstić information content (AvgIpc) is 2.26. The van der Waals surface area contributed by atoms with Gasteiger partial charge in [0.1, 0.15) is 0 Å². The smallest absolute Gasteiger partial charge is 0.228 e. The summed E-state index contributed by atoms with van der Waals surface area (Å²) < 4.78 is 0. The lowest BCUT2D eigenvalue weighted by molar-refractivity contribution is -0.114. The van der Waals surface area contributed by atoms with Crippen molar-refractivity contribution in [2.45, 2.75) is 46.5 Å². The molecule has 92 valence electrons. The zero-order valence-electron chi connectivity index (χ0n) is 11.3. The number of carbonyl (C=O) groups is 2. The van der Waals surface area contributed by atoms with Crippen molar-refractivity contribution in [1.82, 2.24) is 0 Å². The highest BCUT2D eigenvalue weighted by molar-refractivity contribution is 6.43. The predicted octanol–water partition coefficient (Wildman–Crippen LogP) is 3.45. The summed E-state index contributed by atoms with van der Waals surface area (Å²) >= 11 is 0. The Kier molecular flexibility index (Phi) is 3.87. The molecular formula is C15H20O2. The zero-order chi connectivity index (χ0) is 13.2. The summed E-state index contributed by atoms with van der Waals surface area (Å²) in [6.45, 7) is 9.85. The molecule has 2 nitrogen and oxygen atoms in total. The number of ketones is 2. The third-order valence-corrected chi connectivity index (χ3v) is 2.92. The Hall–Kier alpha value is -1.44. The molecule has 0 radical (unpaired) electrons. The summed E-state index contributed by atoms with van der Waals surface area (Å²) in [4.78, 5) is 23.4. The van der Waals surface area contributed by atoms with Crippen molar-refractivity contribution in [2.75, 3.05) is 0 Å². The number of rotatable bonds is 3. The topological polar surface area (TPSA) is 34.1 Å². The Balaban J connectivity index is 3.25. The number of Topliss-reactive ketones (excluding diaryl/α,β-unsaturated/α-hetero) is 2. The quantitative estimate of drug-likeness (QED) is 0.591. The second kappa shape index (κ2) is 4.82. The minimum absolute atomic E-state index is 0.0159. The fourth-order valence-electron chi connectivity index (χ4n) is 1.64. The Morgan fingerprint density at radius 1 is 1.18 bits per heavy atom. The van der Waals surface area contributed by atoms with Gasteiger partial charge in [-0.15, -0.1) is 0 Å². The van der Waals surface area contributed by atoms with Gasteiger partial charge in [-0.3, -0.25) is 9.59 Å². The molecule has 0 spiro atoms. The number of hydrogen-bond donors (Lipinski definition) is 0.